The van der Waals surface area contributed by atoms with Gasteiger partial charge < -0.3 is 33.8 Å². The highest BCUT2D eigenvalue weighted by Gasteiger charge is 2.30. The first-order valence-electron chi connectivity index (χ1n) is 33.2. The van der Waals surface area contributed by atoms with Crippen LogP contribution in [0.2, 0.25) is 0 Å². The monoisotopic (exact) mass is 1230 g/mol. The van der Waals surface area contributed by atoms with E-state index < -0.39 is 97.5 Å². The van der Waals surface area contributed by atoms with E-state index in [0.29, 0.717) is 37.5 Å². The molecular formula is C64H124O17P2. The van der Waals surface area contributed by atoms with Gasteiger partial charge >= 0.3 is 39.5 Å². The molecule has 0 fully saturated rings. The maximum Gasteiger partial charge on any atom is 0.472 e. The summed E-state index contributed by atoms with van der Waals surface area (Å²) in [6, 6.07) is 0. The van der Waals surface area contributed by atoms with Crippen LogP contribution in [0, 0.1) is 23.7 Å². The maximum atomic E-state index is 13.0. The summed E-state index contributed by atoms with van der Waals surface area (Å²) < 4.78 is 67.9. The SMILES string of the molecule is CCC(C)CCCCCCCCC(=O)O[C@H](COC(=O)CCCCCCCCC(C)C)COP(=O)(O)OC[C@H](O)COP(=O)(O)OC[C@@H](COC(=O)CCCCCCCCCCCCCCC(C)C)OC(=O)CCCCCCCCC(C)C. The van der Waals surface area contributed by atoms with Crippen molar-refractivity contribution in [2.75, 3.05) is 39.6 Å². The zero-order chi connectivity index (χ0) is 61.8. The minimum Gasteiger partial charge on any atom is -0.462 e. The quantitative estimate of drug-likeness (QED) is 0.0222. The first-order valence-corrected chi connectivity index (χ1v) is 36.2. The Morgan fingerprint density at radius 3 is 0.855 bits per heavy atom. The molecule has 492 valence electrons. The number of hydrogen-bond acceptors (Lipinski definition) is 15. The number of carbonyl (C=O) groups excluding carboxylic acids is 4. The molecule has 0 bridgehead atoms. The minimum absolute atomic E-state index is 0.101. The van der Waals surface area contributed by atoms with Crippen molar-refractivity contribution < 1.29 is 80.2 Å². The smallest absolute Gasteiger partial charge is 0.462 e. The van der Waals surface area contributed by atoms with Gasteiger partial charge in [0, 0.05) is 25.7 Å². The molecule has 0 saturated carbocycles. The van der Waals surface area contributed by atoms with Gasteiger partial charge in [0.15, 0.2) is 12.2 Å². The summed E-state index contributed by atoms with van der Waals surface area (Å²) >= 11 is 0. The van der Waals surface area contributed by atoms with Crippen LogP contribution in [0.5, 0.6) is 0 Å². The van der Waals surface area contributed by atoms with Crippen molar-refractivity contribution in [2.24, 2.45) is 23.7 Å². The second-order valence-corrected chi connectivity index (χ2v) is 27.7. The van der Waals surface area contributed by atoms with Crippen LogP contribution in [0.4, 0.5) is 0 Å². The Kier molecular flexibility index (Phi) is 53.0. The van der Waals surface area contributed by atoms with Gasteiger partial charge in [-0.15, -0.1) is 0 Å². The minimum atomic E-state index is -4.94. The predicted molar refractivity (Wildman–Crippen MR) is 331 cm³/mol. The van der Waals surface area contributed by atoms with Crippen LogP contribution in [0.1, 0.15) is 306 Å². The lowest BCUT2D eigenvalue weighted by molar-refractivity contribution is -0.161. The molecule has 0 aliphatic carbocycles. The molecule has 0 amide bonds. The largest absolute Gasteiger partial charge is 0.472 e. The summed E-state index contributed by atoms with van der Waals surface area (Å²) in [7, 11) is -9.89. The molecule has 0 heterocycles. The van der Waals surface area contributed by atoms with Gasteiger partial charge in [-0.25, -0.2) is 9.13 Å². The van der Waals surface area contributed by atoms with Crippen molar-refractivity contribution in [1.29, 1.82) is 0 Å². The Balaban J connectivity index is 5.21. The molecule has 83 heavy (non-hydrogen) atoms. The predicted octanol–water partition coefficient (Wildman–Crippen LogP) is 17.4. The Morgan fingerprint density at radius 2 is 0.578 bits per heavy atom. The summed E-state index contributed by atoms with van der Waals surface area (Å²) in [6.07, 6.45) is 33.8. The first-order chi connectivity index (χ1) is 39.6. The van der Waals surface area contributed by atoms with Crippen molar-refractivity contribution in [3.05, 3.63) is 0 Å². The van der Waals surface area contributed by atoms with Crippen LogP contribution in [-0.4, -0.2) is 96.7 Å². The highest BCUT2D eigenvalue weighted by molar-refractivity contribution is 7.47. The average molecular weight is 1230 g/mol. The van der Waals surface area contributed by atoms with Crippen molar-refractivity contribution >= 4 is 39.5 Å². The van der Waals surface area contributed by atoms with E-state index in [-0.39, 0.29) is 25.7 Å². The summed E-state index contributed by atoms with van der Waals surface area (Å²) in [5, 5.41) is 10.5. The zero-order valence-electron chi connectivity index (χ0n) is 53.8. The maximum absolute atomic E-state index is 13.0. The summed E-state index contributed by atoms with van der Waals surface area (Å²) in [4.78, 5) is 72.1. The van der Waals surface area contributed by atoms with Gasteiger partial charge in [-0.1, -0.05) is 254 Å². The topological polar surface area (TPSA) is 237 Å². The molecule has 0 aromatic carbocycles. The van der Waals surface area contributed by atoms with Crippen LogP contribution in [0.3, 0.4) is 0 Å². The van der Waals surface area contributed by atoms with E-state index in [9.17, 15) is 43.2 Å². The van der Waals surface area contributed by atoms with Gasteiger partial charge in [-0.3, -0.25) is 37.3 Å². The molecule has 0 aliphatic heterocycles. The average Bonchev–Trinajstić information content (AvgIpc) is 3.48. The Morgan fingerprint density at radius 1 is 0.337 bits per heavy atom. The normalized spacial score (nSPS) is 14.8. The second kappa shape index (κ2) is 54.2. The lowest BCUT2D eigenvalue weighted by Crippen LogP contribution is -2.30. The van der Waals surface area contributed by atoms with Crippen LogP contribution in [-0.2, 0) is 65.4 Å². The zero-order valence-corrected chi connectivity index (χ0v) is 55.6. The number of phosphoric acid groups is 2. The Hall–Kier alpha value is -1.94. The Labute approximate surface area is 505 Å². The number of rotatable bonds is 61. The molecule has 0 radical (unpaired) electrons. The second-order valence-electron chi connectivity index (χ2n) is 24.8. The fourth-order valence-corrected chi connectivity index (χ4v) is 11.0. The number of aliphatic hydroxyl groups is 1. The molecule has 0 saturated heterocycles. The van der Waals surface area contributed by atoms with E-state index in [1.165, 1.54) is 103 Å². The third-order valence-corrected chi connectivity index (χ3v) is 16.8. The van der Waals surface area contributed by atoms with Gasteiger partial charge in [0.2, 0.25) is 0 Å². The van der Waals surface area contributed by atoms with Gasteiger partial charge in [0.25, 0.3) is 0 Å². The standard InChI is InChI=1S/C64H124O17P2/c1-9-57(8)43-35-27-20-23-31-39-47-64(69)81-60(51-75-62(67)45-37-29-21-18-25-33-41-55(4)5)53-79-83(72,73)77-49-58(65)48-76-82(70,71)78-52-59(80-63(68)46-38-30-22-19-26-34-42-56(6)7)50-74-61(66)44-36-28-17-15-13-11-10-12-14-16-24-32-40-54(2)3/h54-60,65H,9-53H2,1-8H3,(H,70,71)(H,72,73)/t57?,58-,59-,60-/m1/s1. The Bertz CT molecular complexity index is 1660. The number of ether oxygens (including phenoxy) is 4. The van der Waals surface area contributed by atoms with E-state index in [4.69, 9.17) is 37.0 Å². The molecule has 6 atom stereocenters. The van der Waals surface area contributed by atoms with E-state index in [0.717, 1.165) is 108 Å². The molecule has 0 aromatic heterocycles. The molecular weight excluding hydrogens is 1100 g/mol. The highest BCUT2D eigenvalue weighted by Crippen LogP contribution is 2.45. The fraction of sp³-hybridized carbons (Fsp3) is 0.938. The molecule has 3 N–H and O–H groups in total. The molecule has 0 aliphatic rings. The number of esters is 4. The highest BCUT2D eigenvalue weighted by atomic mass is 31.2. The fourth-order valence-electron chi connectivity index (χ4n) is 9.40. The van der Waals surface area contributed by atoms with Gasteiger partial charge in [-0.2, -0.15) is 0 Å². The van der Waals surface area contributed by atoms with Crippen molar-refractivity contribution in [3.8, 4) is 0 Å². The van der Waals surface area contributed by atoms with E-state index in [2.05, 4.69) is 55.4 Å². The summed E-state index contributed by atoms with van der Waals surface area (Å²) in [5.41, 5.74) is 0. The third-order valence-electron chi connectivity index (χ3n) is 14.9. The van der Waals surface area contributed by atoms with Crippen molar-refractivity contribution in [3.63, 3.8) is 0 Å². The van der Waals surface area contributed by atoms with Crippen LogP contribution in [0.25, 0.3) is 0 Å². The summed E-state index contributed by atoms with van der Waals surface area (Å²) in [5.74, 6) is 0.704. The van der Waals surface area contributed by atoms with Crippen molar-refractivity contribution in [1.82, 2.24) is 0 Å². The number of aliphatic hydroxyl groups excluding tert-OH is 1. The lowest BCUT2D eigenvalue weighted by Gasteiger charge is -2.21. The number of carbonyl (C=O) groups is 4. The lowest BCUT2D eigenvalue weighted by atomic mass is 10.00. The molecule has 19 heteroatoms. The summed E-state index contributed by atoms with van der Waals surface area (Å²) in [6.45, 7) is 13.9. The number of hydrogen-bond donors (Lipinski definition) is 3. The van der Waals surface area contributed by atoms with Crippen LogP contribution < -0.4 is 0 Å². The molecule has 0 spiro atoms. The van der Waals surface area contributed by atoms with Gasteiger partial charge in [0.1, 0.15) is 19.3 Å². The van der Waals surface area contributed by atoms with E-state index >= 15 is 0 Å². The molecule has 0 rings (SSSR count). The van der Waals surface area contributed by atoms with Gasteiger partial charge in [-0.05, 0) is 49.4 Å². The third kappa shape index (κ3) is 57.6. The number of phosphoric ester groups is 2. The molecule has 3 unspecified atom stereocenters. The van der Waals surface area contributed by atoms with Crippen LogP contribution in [0.15, 0.2) is 0 Å². The van der Waals surface area contributed by atoms with Crippen LogP contribution >= 0.6 is 15.6 Å². The number of unbranched alkanes of at least 4 members (excludes halogenated alkanes) is 26. The van der Waals surface area contributed by atoms with Crippen molar-refractivity contribution in [2.45, 2.75) is 324 Å². The van der Waals surface area contributed by atoms with E-state index in [1.807, 2.05) is 0 Å². The molecule has 17 nitrogen and oxygen atoms in total. The first kappa shape index (κ1) is 81.1. The molecule has 0 aromatic rings. The van der Waals surface area contributed by atoms with E-state index in [1.54, 1.807) is 0 Å². The van der Waals surface area contributed by atoms with Gasteiger partial charge in [0.05, 0.1) is 26.4 Å².